The van der Waals surface area contributed by atoms with E-state index in [1.807, 2.05) is 7.05 Å². The van der Waals surface area contributed by atoms with Gasteiger partial charge in [0.25, 0.3) is 0 Å². The Morgan fingerprint density at radius 2 is 2.27 bits per heavy atom. The molecule has 0 bridgehead atoms. The molecule has 1 atom stereocenters. The van der Waals surface area contributed by atoms with Gasteiger partial charge in [0, 0.05) is 25.7 Å². The fourth-order valence-corrected chi connectivity index (χ4v) is 1.92. The second-order valence-electron chi connectivity index (χ2n) is 4.53. The molecule has 0 amide bonds. The molecule has 1 saturated heterocycles. The number of hydrogen-bond donors (Lipinski definition) is 2. The number of likely N-dealkylation sites (tertiary alicyclic amines) is 1. The summed E-state index contributed by atoms with van der Waals surface area (Å²) < 4.78 is 0. The lowest BCUT2D eigenvalue weighted by atomic mass is 10.2. The quantitative estimate of drug-likeness (QED) is 0.533. The summed E-state index contributed by atoms with van der Waals surface area (Å²) in [5.41, 5.74) is 0. The predicted molar refractivity (Wildman–Crippen MR) is 65.3 cm³/mol. The molecule has 88 valence electrons. The summed E-state index contributed by atoms with van der Waals surface area (Å²) >= 11 is 0. The molecule has 0 aromatic heterocycles. The lowest BCUT2D eigenvalue weighted by molar-refractivity contribution is 0.309. The van der Waals surface area contributed by atoms with Crippen LogP contribution in [0.5, 0.6) is 0 Å². The molecule has 1 fully saturated rings. The molecule has 0 aromatic carbocycles. The summed E-state index contributed by atoms with van der Waals surface area (Å²) in [7, 11) is 4.01. The summed E-state index contributed by atoms with van der Waals surface area (Å²) in [5.74, 6) is 0.908. The molecular weight excluding hydrogens is 188 g/mol. The third-order valence-electron chi connectivity index (χ3n) is 2.83. The summed E-state index contributed by atoms with van der Waals surface area (Å²) in [5, 5.41) is 6.66. The number of hydrogen-bond acceptors (Lipinski definition) is 2. The first-order valence-corrected chi connectivity index (χ1v) is 5.81. The number of aliphatic imine (C=N–C) groups is 1. The van der Waals surface area contributed by atoms with Gasteiger partial charge in [-0.25, -0.2) is 0 Å². The van der Waals surface area contributed by atoms with Crippen LogP contribution in [0.25, 0.3) is 0 Å². The van der Waals surface area contributed by atoms with E-state index in [0.717, 1.165) is 12.5 Å². The van der Waals surface area contributed by atoms with Crippen molar-refractivity contribution in [1.29, 1.82) is 0 Å². The highest BCUT2D eigenvalue weighted by Gasteiger charge is 2.20. The smallest absolute Gasteiger partial charge is 0.191 e. The second kappa shape index (κ2) is 5.95. The van der Waals surface area contributed by atoms with Gasteiger partial charge in [0.1, 0.15) is 0 Å². The second-order valence-corrected chi connectivity index (χ2v) is 4.53. The molecule has 0 spiro atoms. The minimum atomic E-state index is 0.428. The molecule has 0 aliphatic carbocycles. The van der Waals surface area contributed by atoms with Gasteiger partial charge in [-0.05, 0) is 40.3 Å². The molecule has 15 heavy (non-hydrogen) atoms. The maximum Gasteiger partial charge on any atom is 0.191 e. The van der Waals surface area contributed by atoms with Crippen LogP contribution in [0, 0.1) is 0 Å². The van der Waals surface area contributed by atoms with Crippen molar-refractivity contribution >= 4 is 5.96 Å². The Kier molecular flexibility index (Phi) is 4.88. The van der Waals surface area contributed by atoms with E-state index >= 15 is 0 Å². The van der Waals surface area contributed by atoms with Gasteiger partial charge in [-0.1, -0.05) is 0 Å². The average Bonchev–Trinajstić information content (AvgIpc) is 2.58. The zero-order valence-corrected chi connectivity index (χ0v) is 10.4. The summed E-state index contributed by atoms with van der Waals surface area (Å²) in [4.78, 5) is 6.60. The van der Waals surface area contributed by atoms with E-state index in [1.165, 1.54) is 19.4 Å². The van der Waals surface area contributed by atoms with Crippen LogP contribution < -0.4 is 10.6 Å². The van der Waals surface area contributed by atoms with E-state index in [-0.39, 0.29) is 0 Å². The topological polar surface area (TPSA) is 39.7 Å². The van der Waals surface area contributed by atoms with Gasteiger partial charge in [-0.15, -0.1) is 0 Å². The molecule has 1 heterocycles. The lowest BCUT2D eigenvalue weighted by Gasteiger charge is -2.22. The first-order valence-electron chi connectivity index (χ1n) is 5.81. The Hall–Kier alpha value is -0.770. The Morgan fingerprint density at radius 3 is 2.73 bits per heavy atom. The third-order valence-corrected chi connectivity index (χ3v) is 2.83. The van der Waals surface area contributed by atoms with Crippen LogP contribution in [-0.4, -0.2) is 50.1 Å². The van der Waals surface area contributed by atoms with E-state index in [0.29, 0.717) is 12.1 Å². The highest BCUT2D eigenvalue weighted by atomic mass is 15.2. The number of nitrogens with one attached hydrogen (secondary N) is 2. The van der Waals surface area contributed by atoms with Crippen LogP contribution in [0.3, 0.4) is 0 Å². The minimum absolute atomic E-state index is 0.428. The van der Waals surface area contributed by atoms with Gasteiger partial charge in [0.2, 0.25) is 0 Å². The monoisotopic (exact) mass is 212 g/mol. The number of rotatable bonds is 3. The van der Waals surface area contributed by atoms with Gasteiger partial charge < -0.3 is 15.5 Å². The van der Waals surface area contributed by atoms with E-state index in [1.54, 1.807) is 0 Å². The molecule has 2 N–H and O–H groups in total. The van der Waals surface area contributed by atoms with Crippen LogP contribution in [0.15, 0.2) is 4.99 Å². The van der Waals surface area contributed by atoms with E-state index in [4.69, 9.17) is 0 Å². The van der Waals surface area contributed by atoms with Crippen LogP contribution >= 0.6 is 0 Å². The van der Waals surface area contributed by atoms with Gasteiger partial charge in [0.05, 0.1) is 0 Å². The van der Waals surface area contributed by atoms with Crippen LogP contribution in [0.2, 0.25) is 0 Å². The zero-order valence-electron chi connectivity index (χ0n) is 10.4. The molecule has 1 aliphatic rings. The van der Waals surface area contributed by atoms with E-state index in [9.17, 15) is 0 Å². The van der Waals surface area contributed by atoms with Crippen molar-refractivity contribution in [3.63, 3.8) is 0 Å². The van der Waals surface area contributed by atoms with Crippen molar-refractivity contribution in [3.05, 3.63) is 0 Å². The minimum Gasteiger partial charge on any atom is -0.355 e. The van der Waals surface area contributed by atoms with Gasteiger partial charge in [-0.2, -0.15) is 0 Å². The lowest BCUT2D eigenvalue weighted by Crippen LogP contribution is -2.45. The predicted octanol–water partition coefficient (Wildman–Crippen LogP) is 0.654. The van der Waals surface area contributed by atoms with E-state index in [2.05, 4.69) is 41.4 Å². The Bertz CT molecular complexity index is 213. The highest BCUT2D eigenvalue weighted by molar-refractivity contribution is 5.79. The fourth-order valence-electron chi connectivity index (χ4n) is 1.92. The Labute approximate surface area is 93.1 Å². The highest BCUT2D eigenvalue weighted by Crippen LogP contribution is 2.13. The van der Waals surface area contributed by atoms with Gasteiger partial charge in [-0.3, -0.25) is 4.99 Å². The van der Waals surface area contributed by atoms with Crippen LogP contribution in [0.4, 0.5) is 0 Å². The molecule has 0 saturated carbocycles. The number of guanidine groups is 1. The molecule has 4 heteroatoms. The fraction of sp³-hybridized carbons (Fsp3) is 0.909. The molecule has 0 aromatic rings. The van der Waals surface area contributed by atoms with Crippen molar-refractivity contribution in [3.8, 4) is 0 Å². The molecule has 4 nitrogen and oxygen atoms in total. The summed E-state index contributed by atoms with van der Waals surface area (Å²) in [6.07, 6.45) is 2.61. The van der Waals surface area contributed by atoms with Crippen molar-refractivity contribution < 1.29 is 0 Å². The first-order chi connectivity index (χ1) is 7.13. The summed E-state index contributed by atoms with van der Waals surface area (Å²) in [6, 6.07) is 1.09. The largest absolute Gasteiger partial charge is 0.355 e. The van der Waals surface area contributed by atoms with Crippen LogP contribution in [-0.2, 0) is 0 Å². The van der Waals surface area contributed by atoms with E-state index < -0.39 is 0 Å². The standard InChI is InChI=1S/C11H24N4/c1-9(2)14-11(12-3)13-8-10-6-5-7-15(10)4/h9-10H,5-8H2,1-4H3,(H2,12,13,14). The Balaban J connectivity index is 2.28. The SMILES string of the molecule is CN=C(NCC1CCCN1C)NC(C)C. The van der Waals surface area contributed by atoms with Crippen molar-refractivity contribution in [2.24, 2.45) is 4.99 Å². The Morgan fingerprint density at radius 1 is 1.53 bits per heavy atom. The molecule has 1 aliphatic heterocycles. The first kappa shape index (κ1) is 12.3. The molecule has 1 unspecified atom stereocenters. The van der Waals surface area contributed by atoms with Gasteiger partial charge >= 0.3 is 0 Å². The molecule has 1 rings (SSSR count). The van der Waals surface area contributed by atoms with Crippen molar-refractivity contribution in [2.45, 2.75) is 38.8 Å². The van der Waals surface area contributed by atoms with Gasteiger partial charge in [0.15, 0.2) is 5.96 Å². The van der Waals surface area contributed by atoms with Crippen molar-refractivity contribution in [1.82, 2.24) is 15.5 Å². The molecular formula is C11H24N4. The van der Waals surface area contributed by atoms with Crippen LogP contribution in [0.1, 0.15) is 26.7 Å². The summed E-state index contributed by atoms with van der Waals surface area (Å²) in [6.45, 7) is 6.45. The average molecular weight is 212 g/mol. The zero-order chi connectivity index (χ0) is 11.3. The number of likely N-dealkylation sites (N-methyl/N-ethyl adjacent to an activating group) is 1. The normalized spacial score (nSPS) is 23.5. The number of nitrogens with zero attached hydrogens (tertiary/aromatic N) is 2. The maximum atomic E-state index is 4.19. The maximum absolute atomic E-state index is 4.19. The molecule has 0 radical (unpaired) electrons. The van der Waals surface area contributed by atoms with Crippen molar-refractivity contribution in [2.75, 3.05) is 27.2 Å². The third kappa shape index (κ3) is 4.08.